The summed E-state index contributed by atoms with van der Waals surface area (Å²) in [6.45, 7) is 5.24. The van der Waals surface area contributed by atoms with E-state index in [-0.39, 0.29) is 0 Å². The molecule has 1 heterocycles. The van der Waals surface area contributed by atoms with Crippen molar-refractivity contribution in [2.75, 3.05) is 18.6 Å². The van der Waals surface area contributed by atoms with Gasteiger partial charge in [-0.05, 0) is 19.7 Å². The highest BCUT2D eigenvalue weighted by molar-refractivity contribution is 7.98. The van der Waals surface area contributed by atoms with Gasteiger partial charge in [0.25, 0.3) is 0 Å². The third-order valence-electron chi connectivity index (χ3n) is 1.95. The van der Waals surface area contributed by atoms with Crippen LogP contribution in [-0.2, 0) is 6.42 Å². The zero-order valence-electron chi connectivity index (χ0n) is 9.04. The van der Waals surface area contributed by atoms with Crippen LogP contribution in [0.1, 0.15) is 17.6 Å². The first-order valence-electron chi connectivity index (χ1n) is 4.89. The highest BCUT2D eigenvalue weighted by atomic mass is 32.2. The number of hydrogen-bond donors (Lipinski definition) is 1. The number of nitrogens with one attached hydrogen (secondary N) is 1. The molecule has 14 heavy (non-hydrogen) atoms. The minimum atomic E-state index is 0.570. The number of nitrogens with zero attached hydrogens (tertiary/aromatic N) is 1. The summed E-state index contributed by atoms with van der Waals surface area (Å²) in [5.41, 5.74) is 1.14. The lowest BCUT2D eigenvalue weighted by Crippen LogP contribution is -2.33. The number of aryl methyl sites for hydroxylation is 1. The molecular formula is C10H18N2S2. The Morgan fingerprint density at radius 1 is 1.64 bits per heavy atom. The van der Waals surface area contributed by atoms with Gasteiger partial charge in [-0.3, -0.25) is 0 Å². The molecule has 1 atom stereocenters. The number of thioether (sulfide) groups is 1. The van der Waals surface area contributed by atoms with Gasteiger partial charge in [0.1, 0.15) is 0 Å². The number of thiazole rings is 1. The van der Waals surface area contributed by atoms with Crippen LogP contribution in [0.25, 0.3) is 0 Å². The largest absolute Gasteiger partial charge is 0.313 e. The van der Waals surface area contributed by atoms with E-state index < -0.39 is 0 Å². The fourth-order valence-electron chi connectivity index (χ4n) is 1.39. The summed E-state index contributed by atoms with van der Waals surface area (Å²) in [5.74, 6) is 1.16. The Kier molecular flexibility index (Phi) is 5.52. The number of likely N-dealkylation sites (N-methyl/N-ethyl adjacent to an activating group) is 1. The maximum atomic E-state index is 4.48. The van der Waals surface area contributed by atoms with Gasteiger partial charge in [0.05, 0.1) is 5.01 Å². The van der Waals surface area contributed by atoms with E-state index >= 15 is 0 Å². The van der Waals surface area contributed by atoms with Crippen molar-refractivity contribution in [1.82, 2.24) is 10.3 Å². The summed E-state index contributed by atoms with van der Waals surface area (Å²) in [6, 6.07) is 0.570. The molecular weight excluding hydrogens is 212 g/mol. The fourth-order valence-corrected chi connectivity index (χ4v) is 2.88. The summed E-state index contributed by atoms with van der Waals surface area (Å²) in [4.78, 5) is 4.48. The molecule has 1 unspecified atom stereocenters. The molecule has 0 amide bonds. The zero-order chi connectivity index (χ0) is 10.4. The Balaban J connectivity index is 2.46. The van der Waals surface area contributed by atoms with E-state index in [0.29, 0.717) is 6.04 Å². The predicted octanol–water partition coefficient (Wildman–Crippen LogP) is 2.34. The molecule has 1 aromatic heterocycles. The summed E-state index contributed by atoms with van der Waals surface area (Å²) in [5, 5.41) is 6.86. The van der Waals surface area contributed by atoms with Gasteiger partial charge in [0.15, 0.2) is 0 Å². The second-order valence-electron chi connectivity index (χ2n) is 3.30. The Morgan fingerprint density at radius 2 is 2.43 bits per heavy atom. The molecule has 1 rings (SSSR count). The molecule has 0 aliphatic rings. The van der Waals surface area contributed by atoms with Crippen LogP contribution in [0.2, 0.25) is 0 Å². The van der Waals surface area contributed by atoms with Gasteiger partial charge >= 0.3 is 0 Å². The van der Waals surface area contributed by atoms with Crippen LogP contribution in [0.15, 0.2) is 5.38 Å². The number of rotatable bonds is 6. The second kappa shape index (κ2) is 6.43. The second-order valence-corrected chi connectivity index (χ2v) is 5.15. The molecule has 0 fully saturated rings. The summed E-state index contributed by atoms with van der Waals surface area (Å²) < 4.78 is 0. The van der Waals surface area contributed by atoms with Crippen molar-refractivity contribution >= 4 is 23.1 Å². The summed E-state index contributed by atoms with van der Waals surface area (Å²) >= 11 is 3.66. The first-order valence-corrected chi connectivity index (χ1v) is 7.17. The van der Waals surface area contributed by atoms with E-state index in [2.05, 4.69) is 35.8 Å². The first-order chi connectivity index (χ1) is 6.76. The molecule has 0 aliphatic heterocycles. The van der Waals surface area contributed by atoms with Gasteiger partial charge < -0.3 is 5.32 Å². The molecule has 0 aliphatic carbocycles. The molecule has 0 radical (unpaired) electrons. The maximum absolute atomic E-state index is 4.48. The normalized spacial score (nSPS) is 13.1. The standard InChI is InChI=1S/C10H18N2S2/c1-4-11-9(7-13-3)5-10-12-8(2)6-14-10/h6,9,11H,4-5,7H2,1-3H3. The van der Waals surface area contributed by atoms with Crippen LogP contribution < -0.4 is 5.32 Å². The Hall–Kier alpha value is -0.0600. The molecule has 4 heteroatoms. The van der Waals surface area contributed by atoms with Crippen molar-refractivity contribution in [3.63, 3.8) is 0 Å². The van der Waals surface area contributed by atoms with Crippen LogP contribution >= 0.6 is 23.1 Å². The first kappa shape index (κ1) is 12.0. The minimum Gasteiger partial charge on any atom is -0.313 e. The predicted molar refractivity (Wildman–Crippen MR) is 66.4 cm³/mol. The molecule has 0 saturated carbocycles. The monoisotopic (exact) mass is 230 g/mol. The van der Waals surface area contributed by atoms with Gasteiger partial charge in [-0.25, -0.2) is 4.98 Å². The topological polar surface area (TPSA) is 24.9 Å². The summed E-state index contributed by atoms with van der Waals surface area (Å²) in [6.07, 6.45) is 3.21. The van der Waals surface area contributed by atoms with Crippen LogP contribution in [0.5, 0.6) is 0 Å². The summed E-state index contributed by atoms with van der Waals surface area (Å²) in [7, 11) is 0. The van der Waals surface area contributed by atoms with Gasteiger partial charge in [-0.15, -0.1) is 11.3 Å². The third kappa shape index (κ3) is 3.98. The van der Waals surface area contributed by atoms with Gasteiger partial charge in [-0.1, -0.05) is 6.92 Å². The molecule has 0 aromatic carbocycles. The lowest BCUT2D eigenvalue weighted by atomic mass is 10.2. The van der Waals surface area contributed by atoms with E-state index in [1.54, 1.807) is 11.3 Å². The van der Waals surface area contributed by atoms with E-state index in [4.69, 9.17) is 0 Å². The lowest BCUT2D eigenvalue weighted by molar-refractivity contribution is 0.571. The fraction of sp³-hybridized carbons (Fsp3) is 0.700. The lowest BCUT2D eigenvalue weighted by Gasteiger charge is -2.14. The highest BCUT2D eigenvalue weighted by Crippen LogP contribution is 2.12. The van der Waals surface area contributed by atoms with Crippen molar-refractivity contribution in [2.24, 2.45) is 0 Å². The highest BCUT2D eigenvalue weighted by Gasteiger charge is 2.09. The average molecular weight is 230 g/mol. The van der Waals surface area contributed by atoms with Crippen LogP contribution in [-0.4, -0.2) is 29.6 Å². The Labute approximate surface area is 94.5 Å². The molecule has 2 nitrogen and oxygen atoms in total. The maximum Gasteiger partial charge on any atom is 0.0943 e. The Morgan fingerprint density at radius 3 is 2.93 bits per heavy atom. The van der Waals surface area contributed by atoms with Crippen LogP contribution in [0.3, 0.4) is 0 Å². The molecule has 0 spiro atoms. The number of aromatic nitrogens is 1. The van der Waals surface area contributed by atoms with Crippen molar-refractivity contribution in [3.8, 4) is 0 Å². The van der Waals surface area contributed by atoms with Gasteiger partial charge in [0, 0.05) is 29.3 Å². The molecule has 0 bridgehead atoms. The van der Waals surface area contributed by atoms with E-state index in [9.17, 15) is 0 Å². The van der Waals surface area contributed by atoms with Crippen LogP contribution in [0, 0.1) is 6.92 Å². The SMILES string of the molecule is CCNC(CSC)Cc1nc(C)cs1. The molecule has 1 aromatic rings. The molecule has 0 saturated heterocycles. The average Bonchev–Trinajstić information content (AvgIpc) is 2.52. The van der Waals surface area contributed by atoms with Crippen LogP contribution in [0.4, 0.5) is 0 Å². The zero-order valence-corrected chi connectivity index (χ0v) is 10.7. The molecule has 80 valence electrons. The minimum absolute atomic E-state index is 0.570. The van der Waals surface area contributed by atoms with E-state index in [0.717, 1.165) is 24.4 Å². The van der Waals surface area contributed by atoms with Crippen molar-refractivity contribution in [1.29, 1.82) is 0 Å². The number of hydrogen-bond acceptors (Lipinski definition) is 4. The quantitative estimate of drug-likeness (QED) is 0.812. The van der Waals surface area contributed by atoms with E-state index in [1.165, 1.54) is 5.01 Å². The Bertz CT molecular complexity index is 254. The van der Waals surface area contributed by atoms with Gasteiger partial charge in [0.2, 0.25) is 0 Å². The van der Waals surface area contributed by atoms with Crippen molar-refractivity contribution < 1.29 is 0 Å². The smallest absolute Gasteiger partial charge is 0.0943 e. The van der Waals surface area contributed by atoms with Gasteiger partial charge in [-0.2, -0.15) is 11.8 Å². The van der Waals surface area contributed by atoms with Crippen molar-refractivity contribution in [3.05, 3.63) is 16.1 Å². The third-order valence-corrected chi connectivity index (χ3v) is 3.67. The van der Waals surface area contributed by atoms with E-state index in [1.807, 2.05) is 11.8 Å². The molecule has 1 N–H and O–H groups in total. The van der Waals surface area contributed by atoms with Crippen molar-refractivity contribution in [2.45, 2.75) is 26.3 Å².